The highest BCUT2D eigenvalue weighted by Crippen LogP contribution is 2.13. The molecule has 6 heteroatoms. The standard InChI is InChI=1S/C50H86O6/c1-4-7-10-13-16-19-22-25-26-29-31-34-37-40-43-49(52)55-46-47(56-50(53)44-41-38-35-32-28-24-21-18-15-12-9-6-3)45-54-48(51)42-39-36-33-30-27-23-20-17-14-11-8-5-2/h9,12,17-18,20-21,26,28-29,32,47H,4-8,10-11,13-16,19,22-25,27,30-31,33-46H2,1-3H3/b12-9-,20-17-,21-18-,29-26-,32-28-. The molecule has 6 nitrogen and oxygen atoms in total. The molecule has 0 aromatic rings. The summed E-state index contributed by atoms with van der Waals surface area (Å²) in [5.41, 5.74) is 0. The van der Waals surface area contributed by atoms with Gasteiger partial charge in [-0.2, -0.15) is 0 Å². The van der Waals surface area contributed by atoms with E-state index in [-0.39, 0.29) is 37.5 Å². The van der Waals surface area contributed by atoms with Crippen LogP contribution in [0.5, 0.6) is 0 Å². The van der Waals surface area contributed by atoms with Crippen molar-refractivity contribution in [3.05, 3.63) is 60.8 Å². The van der Waals surface area contributed by atoms with Crippen LogP contribution in [0.4, 0.5) is 0 Å². The molecule has 1 unspecified atom stereocenters. The molecule has 0 aromatic heterocycles. The van der Waals surface area contributed by atoms with Crippen molar-refractivity contribution in [3.8, 4) is 0 Å². The molecule has 0 rings (SSSR count). The number of rotatable bonds is 41. The van der Waals surface area contributed by atoms with Crippen LogP contribution < -0.4 is 0 Å². The highest BCUT2D eigenvalue weighted by Gasteiger charge is 2.19. The Labute approximate surface area is 345 Å². The molecular weight excluding hydrogens is 697 g/mol. The molecule has 0 N–H and O–H groups in total. The Morgan fingerprint density at radius 2 is 0.696 bits per heavy atom. The Bertz CT molecular complexity index is 1040. The van der Waals surface area contributed by atoms with Gasteiger partial charge in [0.15, 0.2) is 6.10 Å². The zero-order valence-electron chi connectivity index (χ0n) is 36.6. The van der Waals surface area contributed by atoms with Gasteiger partial charge in [-0.3, -0.25) is 14.4 Å². The van der Waals surface area contributed by atoms with Crippen molar-refractivity contribution in [2.24, 2.45) is 0 Å². The normalized spacial score (nSPS) is 12.6. The van der Waals surface area contributed by atoms with Crippen LogP contribution in [0.25, 0.3) is 0 Å². The van der Waals surface area contributed by atoms with Crippen molar-refractivity contribution >= 4 is 17.9 Å². The average Bonchev–Trinajstić information content (AvgIpc) is 3.19. The predicted molar refractivity (Wildman–Crippen MR) is 238 cm³/mol. The van der Waals surface area contributed by atoms with Gasteiger partial charge >= 0.3 is 17.9 Å². The molecule has 0 saturated heterocycles. The number of carbonyl (C=O) groups is 3. The third-order valence-corrected chi connectivity index (χ3v) is 9.73. The molecule has 0 radical (unpaired) electrons. The third-order valence-electron chi connectivity index (χ3n) is 9.73. The van der Waals surface area contributed by atoms with E-state index in [0.29, 0.717) is 19.3 Å². The van der Waals surface area contributed by atoms with Gasteiger partial charge in [-0.25, -0.2) is 0 Å². The summed E-state index contributed by atoms with van der Waals surface area (Å²) in [5, 5.41) is 0. The number of allylic oxidation sites excluding steroid dienone is 10. The van der Waals surface area contributed by atoms with E-state index in [1.165, 1.54) is 83.5 Å². The molecule has 0 heterocycles. The number of carbonyl (C=O) groups excluding carboxylic acids is 3. The first kappa shape index (κ1) is 53.1. The summed E-state index contributed by atoms with van der Waals surface area (Å²) in [7, 11) is 0. The minimum Gasteiger partial charge on any atom is -0.462 e. The minimum atomic E-state index is -0.800. The highest BCUT2D eigenvalue weighted by molar-refractivity contribution is 5.71. The van der Waals surface area contributed by atoms with Crippen molar-refractivity contribution in [2.45, 2.75) is 226 Å². The lowest BCUT2D eigenvalue weighted by Gasteiger charge is -2.18. The SMILES string of the molecule is CC/C=C\C/C=C\C/C=C\CCCCC(=O)OC(COC(=O)CCCCC/C=C\CCCCCCCCC)COC(=O)CCCCCCC/C=C\CCCCC. The van der Waals surface area contributed by atoms with Crippen LogP contribution in [0.15, 0.2) is 60.8 Å². The van der Waals surface area contributed by atoms with Crippen molar-refractivity contribution in [1.29, 1.82) is 0 Å². The summed E-state index contributed by atoms with van der Waals surface area (Å²) >= 11 is 0. The molecular formula is C50H86O6. The Morgan fingerprint density at radius 1 is 0.375 bits per heavy atom. The number of esters is 3. The van der Waals surface area contributed by atoms with E-state index in [1.54, 1.807) is 0 Å². The second-order valence-corrected chi connectivity index (χ2v) is 15.3. The summed E-state index contributed by atoms with van der Waals surface area (Å²) in [6, 6.07) is 0. The van der Waals surface area contributed by atoms with Crippen molar-refractivity contribution in [2.75, 3.05) is 13.2 Å². The Morgan fingerprint density at radius 3 is 1.20 bits per heavy atom. The highest BCUT2D eigenvalue weighted by atomic mass is 16.6. The predicted octanol–water partition coefficient (Wildman–Crippen LogP) is 14.9. The van der Waals surface area contributed by atoms with Gasteiger partial charge in [-0.15, -0.1) is 0 Å². The lowest BCUT2D eigenvalue weighted by atomic mass is 10.1. The van der Waals surface area contributed by atoms with Crippen molar-refractivity contribution in [1.82, 2.24) is 0 Å². The van der Waals surface area contributed by atoms with Crippen LogP contribution in [0.2, 0.25) is 0 Å². The van der Waals surface area contributed by atoms with Crippen LogP contribution in [-0.4, -0.2) is 37.2 Å². The first-order valence-electron chi connectivity index (χ1n) is 23.3. The quantitative estimate of drug-likeness (QED) is 0.0266. The van der Waals surface area contributed by atoms with E-state index >= 15 is 0 Å². The van der Waals surface area contributed by atoms with Gasteiger partial charge in [0.2, 0.25) is 0 Å². The second-order valence-electron chi connectivity index (χ2n) is 15.3. The van der Waals surface area contributed by atoms with Crippen LogP contribution in [0.1, 0.15) is 220 Å². The van der Waals surface area contributed by atoms with Crippen LogP contribution in [-0.2, 0) is 28.6 Å². The van der Waals surface area contributed by atoms with E-state index < -0.39 is 6.10 Å². The molecule has 0 fully saturated rings. The van der Waals surface area contributed by atoms with Gasteiger partial charge in [0.25, 0.3) is 0 Å². The van der Waals surface area contributed by atoms with Gasteiger partial charge in [-0.1, -0.05) is 159 Å². The molecule has 0 aromatic carbocycles. The Balaban J connectivity index is 4.46. The number of unbranched alkanes of at least 4 members (excludes halogenated alkanes) is 20. The maximum Gasteiger partial charge on any atom is 0.306 e. The van der Waals surface area contributed by atoms with Gasteiger partial charge in [0, 0.05) is 19.3 Å². The Kier molecular flexibility index (Phi) is 42.5. The lowest BCUT2D eigenvalue weighted by Crippen LogP contribution is -2.30. The van der Waals surface area contributed by atoms with Crippen LogP contribution >= 0.6 is 0 Å². The van der Waals surface area contributed by atoms with Crippen LogP contribution in [0.3, 0.4) is 0 Å². The molecule has 0 saturated carbocycles. The second kappa shape index (κ2) is 44.8. The summed E-state index contributed by atoms with van der Waals surface area (Å²) in [5.74, 6) is -0.967. The molecule has 322 valence electrons. The van der Waals surface area contributed by atoms with E-state index in [9.17, 15) is 14.4 Å². The zero-order valence-corrected chi connectivity index (χ0v) is 36.6. The van der Waals surface area contributed by atoms with Gasteiger partial charge in [0.05, 0.1) is 0 Å². The van der Waals surface area contributed by atoms with Crippen LogP contribution in [0, 0.1) is 0 Å². The number of ether oxygens (including phenoxy) is 3. The molecule has 0 spiro atoms. The fraction of sp³-hybridized carbons (Fsp3) is 0.740. The molecule has 0 amide bonds. The number of hydrogen-bond acceptors (Lipinski definition) is 6. The number of hydrogen-bond donors (Lipinski definition) is 0. The van der Waals surface area contributed by atoms with E-state index in [2.05, 4.69) is 81.5 Å². The smallest absolute Gasteiger partial charge is 0.306 e. The van der Waals surface area contributed by atoms with Gasteiger partial charge < -0.3 is 14.2 Å². The first-order valence-corrected chi connectivity index (χ1v) is 23.3. The summed E-state index contributed by atoms with van der Waals surface area (Å²) in [6.45, 7) is 6.42. The zero-order chi connectivity index (χ0) is 40.8. The topological polar surface area (TPSA) is 78.9 Å². The molecule has 1 atom stereocenters. The van der Waals surface area contributed by atoms with E-state index in [1.807, 2.05) is 0 Å². The van der Waals surface area contributed by atoms with Crippen molar-refractivity contribution < 1.29 is 28.6 Å². The molecule has 56 heavy (non-hydrogen) atoms. The van der Waals surface area contributed by atoms with Gasteiger partial charge in [-0.05, 0) is 103 Å². The fourth-order valence-electron chi connectivity index (χ4n) is 6.21. The molecule has 0 bridgehead atoms. The van der Waals surface area contributed by atoms with Crippen molar-refractivity contribution in [3.63, 3.8) is 0 Å². The maximum absolute atomic E-state index is 12.7. The largest absolute Gasteiger partial charge is 0.462 e. The van der Waals surface area contributed by atoms with E-state index in [4.69, 9.17) is 14.2 Å². The molecule has 0 aliphatic carbocycles. The summed E-state index contributed by atoms with van der Waals surface area (Å²) < 4.78 is 16.7. The lowest BCUT2D eigenvalue weighted by molar-refractivity contribution is -0.167. The minimum absolute atomic E-state index is 0.0991. The first-order chi connectivity index (χ1) is 27.5. The van der Waals surface area contributed by atoms with Gasteiger partial charge in [0.1, 0.15) is 13.2 Å². The Hall–Kier alpha value is -2.89. The van der Waals surface area contributed by atoms with E-state index in [0.717, 1.165) is 89.9 Å². The third kappa shape index (κ3) is 42.3. The molecule has 0 aliphatic heterocycles. The summed E-state index contributed by atoms with van der Waals surface area (Å²) in [6.07, 6.45) is 53.5. The maximum atomic E-state index is 12.7. The summed E-state index contributed by atoms with van der Waals surface area (Å²) in [4.78, 5) is 37.7. The monoisotopic (exact) mass is 783 g/mol. The average molecular weight is 783 g/mol. The fourth-order valence-corrected chi connectivity index (χ4v) is 6.21. The molecule has 0 aliphatic rings.